The second-order valence-electron chi connectivity index (χ2n) is 5.77. The van der Waals surface area contributed by atoms with E-state index in [4.69, 9.17) is 9.47 Å². The van der Waals surface area contributed by atoms with Crippen LogP contribution in [0.4, 0.5) is 0 Å². The van der Waals surface area contributed by atoms with Crippen molar-refractivity contribution in [3.8, 4) is 5.75 Å². The number of amides is 1. The van der Waals surface area contributed by atoms with Crippen molar-refractivity contribution in [2.45, 2.75) is 26.8 Å². The van der Waals surface area contributed by atoms with Crippen molar-refractivity contribution in [3.05, 3.63) is 46.0 Å². The molecule has 0 aromatic heterocycles. The molecule has 0 saturated carbocycles. The highest BCUT2D eigenvalue weighted by Gasteiger charge is 2.32. The molecule has 1 aromatic rings. The van der Waals surface area contributed by atoms with Crippen LogP contribution in [-0.2, 0) is 9.53 Å². The first-order chi connectivity index (χ1) is 12.4. The van der Waals surface area contributed by atoms with Gasteiger partial charge in [-0.15, -0.1) is 0 Å². The van der Waals surface area contributed by atoms with Gasteiger partial charge < -0.3 is 14.4 Å². The SMILES string of the molecule is CCOc1ccc(/C=C/C(=O)N2COCN(C(C)C)/C2=N\[N+](=O)[O-])cc1. The Hall–Kier alpha value is -2.94. The lowest BCUT2D eigenvalue weighted by atomic mass is 10.2. The molecule has 0 atom stereocenters. The zero-order valence-corrected chi connectivity index (χ0v) is 15.0. The van der Waals surface area contributed by atoms with Gasteiger partial charge in [0.2, 0.25) is 0 Å². The first-order valence-electron chi connectivity index (χ1n) is 8.22. The van der Waals surface area contributed by atoms with Crippen molar-refractivity contribution in [2.75, 3.05) is 20.1 Å². The fourth-order valence-electron chi connectivity index (χ4n) is 2.33. The summed E-state index contributed by atoms with van der Waals surface area (Å²) in [6.45, 7) is 6.19. The minimum atomic E-state index is -0.813. The van der Waals surface area contributed by atoms with Gasteiger partial charge in [0.25, 0.3) is 11.9 Å². The topological polar surface area (TPSA) is 97.5 Å². The van der Waals surface area contributed by atoms with E-state index >= 15 is 0 Å². The number of nitro groups is 1. The van der Waals surface area contributed by atoms with Gasteiger partial charge in [-0.3, -0.25) is 4.79 Å². The molecule has 0 aliphatic carbocycles. The van der Waals surface area contributed by atoms with E-state index in [0.29, 0.717) is 6.61 Å². The van der Waals surface area contributed by atoms with Crippen LogP contribution in [0.15, 0.2) is 35.4 Å². The zero-order valence-electron chi connectivity index (χ0n) is 15.0. The maximum atomic E-state index is 12.5. The molecule has 9 heteroatoms. The number of rotatable bonds is 6. The van der Waals surface area contributed by atoms with E-state index in [0.717, 1.165) is 16.2 Å². The second kappa shape index (κ2) is 8.95. The molecule has 1 aliphatic heterocycles. The number of hydrogen-bond acceptors (Lipinski definition) is 5. The van der Waals surface area contributed by atoms with Crippen molar-refractivity contribution >= 4 is 17.9 Å². The van der Waals surface area contributed by atoms with Crippen LogP contribution in [0.25, 0.3) is 6.08 Å². The standard InChI is InChI=1S/C17H22N4O5/c1-4-26-15-8-5-14(6-9-15)7-10-16(22)20-12-25-11-19(13(2)3)17(20)18-21(23)24/h5-10,13H,4,11-12H2,1-3H3/b10-7+,18-17+. The molecule has 1 aromatic carbocycles. The van der Waals surface area contributed by atoms with Crippen LogP contribution >= 0.6 is 0 Å². The molecule has 1 saturated heterocycles. The number of carbonyl (C=O) groups excluding carboxylic acids is 1. The summed E-state index contributed by atoms with van der Waals surface area (Å²) in [6.07, 6.45) is 2.95. The molecule has 0 N–H and O–H groups in total. The van der Waals surface area contributed by atoms with Gasteiger partial charge in [-0.05, 0) is 44.5 Å². The number of ether oxygens (including phenoxy) is 2. The van der Waals surface area contributed by atoms with Crippen LogP contribution in [0.5, 0.6) is 5.75 Å². The number of carbonyl (C=O) groups is 1. The Morgan fingerprint density at radius 2 is 2.08 bits per heavy atom. The van der Waals surface area contributed by atoms with Crippen LogP contribution in [-0.4, -0.2) is 52.8 Å². The molecule has 1 amide bonds. The predicted molar refractivity (Wildman–Crippen MR) is 95.7 cm³/mol. The molecule has 26 heavy (non-hydrogen) atoms. The Balaban J connectivity index is 2.16. The van der Waals surface area contributed by atoms with E-state index in [1.165, 1.54) is 6.08 Å². The van der Waals surface area contributed by atoms with E-state index < -0.39 is 10.9 Å². The molecular weight excluding hydrogens is 340 g/mol. The van der Waals surface area contributed by atoms with Crippen LogP contribution in [0.3, 0.4) is 0 Å². The van der Waals surface area contributed by atoms with Gasteiger partial charge in [-0.1, -0.05) is 12.1 Å². The molecule has 0 spiro atoms. The highest BCUT2D eigenvalue weighted by molar-refractivity contribution is 6.04. The molecule has 1 fully saturated rings. The smallest absolute Gasteiger partial charge is 0.284 e. The quantitative estimate of drug-likeness (QED) is 0.437. The number of hydrogen-bond donors (Lipinski definition) is 0. The molecule has 9 nitrogen and oxygen atoms in total. The van der Waals surface area contributed by atoms with Gasteiger partial charge in [0.05, 0.1) is 6.61 Å². The minimum absolute atomic E-state index is 0.0300. The Kier molecular flexibility index (Phi) is 6.67. The summed E-state index contributed by atoms with van der Waals surface area (Å²) in [5.74, 6) is 0.260. The summed E-state index contributed by atoms with van der Waals surface area (Å²) in [5.41, 5.74) is 0.799. The maximum Gasteiger partial charge on any atom is 0.284 e. The van der Waals surface area contributed by atoms with Gasteiger partial charge in [0, 0.05) is 12.1 Å². The number of nitrogens with zero attached hydrogens (tertiary/aromatic N) is 4. The lowest BCUT2D eigenvalue weighted by Gasteiger charge is -2.37. The van der Waals surface area contributed by atoms with Crippen LogP contribution in [0.2, 0.25) is 0 Å². The van der Waals surface area contributed by atoms with Gasteiger partial charge in [0.15, 0.2) is 5.03 Å². The largest absolute Gasteiger partial charge is 0.494 e. The average Bonchev–Trinajstić information content (AvgIpc) is 2.60. The Morgan fingerprint density at radius 3 is 2.65 bits per heavy atom. The van der Waals surface area contributed by atoms with Crippen molar-refractivity contribution in [2.24, 2.45) is 5.10 Å². The summed E-state index contributed by atoms with van der Waals surface area (Å²) < 4.78 is 10.7. The fraction of sp³-hybridized carbons (Fsp3) is 0.412. The van der Waals surface area contributed by atoms with E-state index in [1.54, 1.807) is 23.1 Å². The van der Waals surface area contributed by atoms with E-state index in [2.05, 4.69) is 5.10 Å². The summed E-state index contributed by atoms with van der Waals surface area (Å²) in [4.78, 5) is 26.0. The monoisotopic (exact) mass is 362 g/mol. The highest BCUT2D eigenvalue weighted by atomic mass is 16.7. The number of hydrazone groups is 1. The molecule has 0 radical (unpaired) electrons. The third-order valence-corrected chi connectivity index (χ3v) is 3.62. The van der Waals surface area contributed by atoms with Crippen LogP contribution in [0, 0.1) is 10.1 Å². The van der Waals surface area contributed by atoms with E-state index in [9.17, 15) is 14.9 Å². The van der Waals surface area contributed by atoms with E-state index in [1.807, 2.05) is 32.9 Å². The third-order valence-electron chi connectivity index (χ3n) is 3.62. The average molecular weight is 362 g/mol. The Morgan fingerprint density at radius 1 is 1.38 bits per heavy atom. The predicted octanol–water partition coefficient (Wildman–Crippen LogP) is 2.13. The summed E-state index contributed by atoms with van der Waals surface area (Å²) in [7, 11) is 0. The maximum absolute atomic E-state index is 12.5. The summed E-state index contributed by atoms with van der Waals surface area (Å²) in [6, 6.07) is 7.12. The van der Waals surface area contributed by atoms with Crippen molar-refractivity contribution in [1.82, 2.24) is 9.80 Å². The van der Waals surface area contributed by atoms with Gasteiger partial charge >= 0.3 is 0 Å². The molecular formula is C17H22N4O5. The van der Waals surface area contributed by atoms with Crippen LogP contribution in [0.1, 0.15) is 26.3 Å². The lowest BCUT2D eigenvalue weighted by Crippen LogP contribution is -2.55. The normalized spacial score (nSPS) is 16.5. The molecule has 1 aliphatic rings. The molecule has 140 valence electrons. The van der Waals surface area contributed by atoms with Gasteiger partial charge in [-0.25, -0.2) is 15.0 Å². The fourth-order valence-corrected chi connectivity index (χ4v) is 2.33. The van der Waals surface area contributed by atoms with Crippen molar-refractivity contribution in [3.63, 3.8) is 0 Å². The van der Waals surface area contributed by atoms with Crippen molar-refractivity contribution in [1.29, 1.82) is 0 Å². The minimum Gasteiger partial charge on any atom is -0.494 e. The number of guanidine groups is 1. The second-order valence-corrected chi connectivity index (χ2v) is 5.77. The Bertz CT molecular complexity index is 700. The van der Waals surface area contributed by atoms with Crippen molar-refractivity contribution < 1.29 is 19.3 Å². The van der Waals surface area contributed by atoms with Gasteiger partial charge in [0.1, 0.15) is 24.3 Å². The summed E-state index contributed by atoms with van der Waals surface area (Å²) in [5, 5.41) is 13.4. The lowest BCUT2D eigenvalue weighted by molar-refractivity contribution is -0.486. The molecule has 2 rings (SSSR count). The Labute approximate surface area is 151 Å². The third kappa shape index (κ3) is 5.03. The molecule has 0 bridgehead atoms. The molecule has 1 heterocycles. The van der Waals surface area contributed by atoms with Gasteiger partial charge in [-0.2, -0.15) is 0 Å². The molecule has 0 unspecified atom stereocenters. The zero-order chi connectivity index (χ0) is 19.1. The first-order valence-corrected chi connectivity index (χ1v) is 8.22. The highest BCUT2D eigenvalue weighted by Crippen LogP contribution is 2.15. The summed E-state index contributed by atoms with van der Waals surface area (Å²) >= 11 is 0. The van der Waals surface area contributed by atoms with E-state index in [-0.39, 0.29) is 25.5 Å². The van der Waals surface area contributed by atoms with Crippen LogP contribution < -0.4 is 4.74 Å². The number of benzene rings is 1. The first kappa shape index (κ1) is 19.4.